The summed E-state index contributed by atoms with van der Waals surface area (Å²) in [5, 5.41) is 3.07. The summed E-state index contributed by atoms with van der Waals surface area (Å²) in [4.78, 5) is 9.84. The number of hydrogen-bond acceptors (Lipinski definition) is 6. The first-order chi connectivity index (χ1) is 16.0. The van der Waals surface area contributed by atoms with E-state index >= 15 is 0 Å². The highest BCUT2D eigenvalue weighted by molar-refractivity contribution is 9.09. The summed E-state index contributed by atoms with van der Waals surface area (Å²) in [6.07, 6.45) is -0.218. The summed E-state index contributed by atoms with van der Waals surface area (Å²) >= 11 is 3.82. The van der Waals surface area contributed by atoms with Gasteiger partial charge in [0.05, 0.1) is 47.2 Å². The average Bonchev–Trinajstić information content (AvgIpc) is 3.30. The van der Waals surface area contributed by atoms with Gasteiger partial charge >= 0.3 is 0 Å². The minimum absolute atomic E-state index is 0.0659. The maximum Gasteiger partial charge on any atom is 0.297 e. The summed E-state index contributed by atoms with van der Waals surface area (Å²) in [6.45, 7) is 8.53. The zero-order chi connectivity index (χ0) is 24.5. The molecule has 7 nitrogen and oxygen atoms in total. The van der Waals surface area contributed by atoms with E-state index in [0.29, 0.717) is 6.54 Å². The normalized spacial score (nSPS) is 22.0. The molecule has 1 saturated heterocycles. The third-order valence-corrected chi connectivity index (χ3v) is 7.97. The molecular formula is C25H31BrN2O5S. The first-order valence-electron chi connectivity index (χ1n) is 11.3. The standard InChI is InChI=1S/C25H31BrN2O5S/c1-17-9-11-19(12-10-17)34(29,30)32-14-13-31-22-16-28(33-25(2,3)4)24(23(22)26)21-15-18-7-5-6-8-20(18)27-21/h5-12,15,22-24,27H,13-14,16H2,1-4H3/t22-,23+,24?/m1/s1. The van der Waals surface area contributed by atoms with Gasteiger partial charge < -0.3 is 9.72 Å². The van der Waals surface area contributed by atoms with Crippen LogP contribution >= 0.6 is 15.9 Å². The predicted octanol–water partition coefficient (Wildman–Crippen LogP) is 5.12. The lowest BCUT2D eigenvalue weighted by Crippen LogP contribution is -2.35. The van der Waals surface area contributed by atoms with Crippen LogP contribution in [0.15, 0.2) is 59.5 Å². The molecule has 3 atom stereocenters. The molecule has 0 radical (unpaired) electrons. The predicted molar refractivity (Wildman–Crippen MR) is 135 cm³/mol. The fraction of sp³-hybridized carbons (Fsp3) is 0.440. The van der Waals surface area contributed by atoms with Gasteiger partial charge in [-0.1, -0.05) is 51.8 Å². The minimum atomic E-state index is -3.82. The second kappa shape index (κ2) is 10.1. The van der Waals surface area contributed by atoms with Gasteiger partial charge in [-0.15, -0.1) is 0 Å². The molecule has 1 unspecified atom stereocenters. The molecule has 34 heavy (non-hydrogen) atoms. The number of aromatic amines is 1. The lowest BCUT2D eigenvalue weighted by atomic mass is 10.1. The fourth-order valence-corrected chi connectivity index (χ4v) is 5.80. The molecule has 0 aliphatic carbocycles. The number of aromatic nitrogens is 1. The van der Waals surface area contributed by atoms with Crippen LogP contribution in [-0.4, -0.2) is 54.8 Å². The van der Waals surface area contributed by atoms with Gasteiger partial charge in [-0.3, -0.25) is 9.02 Å². The zero-order valence-corrected chi connectivity index (χ0v) is 22.2. The van der Waals surface area contributed by atoms with E-state index in [-0.39, 0.29) is 40.7 Å². The van der Waals surface area contributed by atoms with Crippen LogP contribution in [0.4, 0.5) is 0 Å². The van der Waals surface area contributed by atoms with Crippen molar-refractivity contribution in [3.8, 4) is 0 Å². The van der Waals surface area contributed by atoms with Crippen LogP contribution in [0.25, 0.3) is 10.9 Å². The molecule has 4 rings (SSSR count). The van der Waals surface area contributed by atoms with E-state index in [4.69, 9.17) is 13.8 Å². The minimum Gasteiger partial charge on any atom is -0.373 e. The maximum absolute atomic E-state index is 12.4. The molecule has 0 amide bonds. The van der Waals surface area contributed by atoms with Gasteiger partial charge in [-0.2, -0.15) is 13.5 Å². The number of hydrogen-bond donors (Lipinski definition) is 1. The molecule has 0 bridgehead atoms. The van der Waals surface area contributed by atoms with Gasteiger partial charge in [0.25, 0.3) is 10.1 Å². The Kier molecular flexibility index (Phi) is 7.52. The van der Waals surface area contributed by atoms with Crippen LogP contribution in [0, 0.1) is 6.92 Å². The second-order valence-corrected chi connectivity index (χ2v) is 12.2. The van der Waals surface area contributed by atoms with E-state index in [1.165, 1.54) is 0 Å². The van der Waals surface area contributed by atoms with E-state index in [0.717, 1.165) is 22.2 Å². The van der Waals surface area contributed by atoms with E-state index in [9.17, 15) is 8.42 Å². The molecular weight excluding hydrogens is 520 g/mol. The van der Waals surface area contributed by atoms with Gasteiger partial charge in [0.15, 0.2) is 0 Å². The van der Waals surface area contributed by atoms with Crippen LogP contribution in [0.5, 0.6) is 0 Å². The lowest BCUT2D eigenvalue weighted by molar-refractivity contribution is -0.240. The summed E-state index contributed by atoms with van der Waals surface area (Å²) in [5.41, 5.74) is 2.69. The Labute approximate surface area is 209 Å². The van der Waals surface area contributed by atoms with Crippen molar-refractivity contribution in [2.24, 2.45) is 0 Å². The van der Waals surface area contributed by atoms with Gasteiger partial charge in [-0.25, -0.2) is 0 Å². The number of ether oxygens (including phenoxy) is 1. The highest BCUT2D eigenvalue weighted by atomic mass is 79.9. The number of nitrogens with zero attached hydrogens (tertiary/aromatic N) is 1. The van der Waals surface area contributed by atoms with E-state index in [2.05, 4.69) is 33.0 Å². The summed E-state index contributed by atoms with van der Waals surface area (Å²) in [7, 11) is -3.82. The molecule has 0 spiro atoms. The van der Waals surface area contributed by atoms with Crippen LogP contribution in [0.2, 0.25) is 0 Å². The molecule has 1 aliphatic rings. The third-order valence-electron chi connectivity index (χ3n) is 5.55. The fourth-order valence-electron chi connectivity index (χ4n) is 4.04. The van der Waals surface area contributed by atoms with E-state index in [1.54, 1.807) is 24.3 Å². The topological polar surface area (TPSA) is 80.9 Å². The number of fused-ring (bicyclic) bond motifs is 1. The van der Waals surface area contributed by atoms with Crippen molar-refractivity contribution >= 4 is 37.0 Å². The Morgan fingerprint density at radius 1 is 1.09 bits per heavy atom. The third kappa shape index (κ3) is 5.90. The molecule has 3 aromatic rings. The van der Waals surface area contributed by atoms with Crippen molar-refractivity contribution in [1.82, 2.24) is 10.0 Å². The number of hydroxylamine groups is 2. The molecule has 184 valence electrons. The molecule has 9 heteroatoms. The second-order valence-electron chi connectivity index (χ2n) is 9.50. The quantitative estimate of drug-likeness (QED) is 0.238. The number of nitrogens with one attached hydrogen (secondary N) is 1. The van der Waals surface area contributed by atoms with Gasteiger partial charge in [0, 0.05) is 11.2 Å². The molecule has 1 aromatic heterocycles. The van der Waals surface area contributed by atoms with E-state index < -0.39 is 10.1 Å². The smallest absolute Gasteiger partial charge is 0.297 e. The van der Waals surface area contributed by atoms with Crippen LogP contribution in [0.1, 0.15) is 38.1 Å². The number of benzene rings is 2. The van der Waals surface area contributed by atoms with Gasteiger partial charge in [0.2, 0.25) is 0 Å². The molecule has 2 aromatic carbocycles. The van der Waals surface area contributed by atoms with Crippen molar-refractivity contribution in [1.29, 1.82) is 0 Å². The largest absolute Gasteiger partial charge is 0.373 e. The first kappa shape index (κ1) is 25.3. The monoisotopic (exact) mass is 550 g/mol. The van der Waals surface area contributed by atoms with Crippen LogP contribution < -0.4 is 0 Å². The zero-order valence-electron chi connectivity index (χ0n) is 19.8. The van der Waals surface area contributed by atoms with Crippen molar-refractivity contribution in [3.05, 3.63) is 65.9 Å². The first-order valence-corrected chi connectivity index (χ1v) is 13.6. The molecule has 1 aliphatic heterocycles. The van der Waals surface area contributed by atoms with Gasteiger partial charge in [0.1, 0.15) is 0 Å². The SMILES string of the molecule is Cc1ccc(S(=O)(=O)OCCO[C@@H]2CN(OC(C)(C)C)C(c3cc4ccccc4[nH]3)[C@H]2Br)cc1. The Balaban J connectivity index is 1.42. The van der Waals surface area contributed by atoms with Crippen molar-refractivity contribution in [3.63, 3.8) is 0 Å². The van der Waals surface area contributed by atoms with Crippen molar-refractivity contribution in [2.75, 3.05) is 19.8 Å². The van der Waals surface area contributed by atoms with Gasteiger partial charge in [-0.05, 0) is 57.3 Å². The molecule has 1 fully saturated rings. The Bertz CT molecular complexity index is 1190. The Morgan fingerprint density at radius 2 is 1.79 bits per heavy atom. The van der Waals surface area contributed by atoms with Crippen LogP contribution in [-0.2, 0) is 23.9 Å². The molecule has 2 heterocycles. The number of H-pyrrole nitrogens is 1. The summed E-state index contributed by atoms with van der Waals surface area (Å²) < 4.78 is 36.1. The van der Waals surface area contributed by atoms with Crippen molar-refractivity contribution < 1.29 is 22.2 Å². The highest BCUT2D eigenvalue weighted by Gasteiger charge is 2.45. The Morgan fingerprint density at radius 3 is 2.47 bits per heavy atom. The number of alkyl halides is 1. The van der Waals surface area contributed by atoms with Crippen molar-refractivity contribution in [2.45, 2.75) is 55.2 Å². The van der Waals surface area contributed by atoms with E-state index in [1.807, 2.05) is 51.0 Å². The number of rotatable bonds is 8. The number of para-hydroxylation sites is 1. The molecule has 1 N–H and O–H groups in total. The van der Waals surface area contributed by atoms with Crippen LogP contribution in [0.3, 0.4) is 0 Å². The number of aryl methyl sites for hydroxylation is 1. The molecule has 0 saturated carbocycles. The lowest BCUT2D eigenvalue weighted by Gasteiger charge is -2.31. The average molecular weight is 552 g/mol. The maximum atomic E-state index is 12.4. The summed E-state index contributed by atoms with van der Waals surface area (Å²) in [5.74, 6) is 0. The Hall–Kier alpha value is -1.75. The summed E-state index contributed by atoms with van der Waals surface area (Å²) in [6, 6.07) is 16.7. The highest BCUT2D eigenvalue weighted by Crippen LogP contribution is 2.40. The number of halogens is 1.